The number of aromatic nitrogens is 2. The molecule has 3 N–H and O–H groups in total. The molecule has 1 aromatic carbocycles. The van der Waals surface area contributed by atoms with E-state index in [1.807, 2.05) is 17.0 Å². The number of quaternary nitrogens is 1. The molecule has 3 rings (SSSR count). The number of piperazine rings is 1. The number of rotatable bonds is 4. The largest absolute Gasteiger partial charge is 0.493 e. The van der Waals surface area contributed by atoms with E-state index in [1.54, 1.807) is 20.5 Å². The van der Waals surface area contributed by atoms with Gasteiger partial charge in [-0.05, 0) is 6.07 Å². The molecular formula is C16H22N5O3+. The smallest absolute Gasteiger partial charge is 0.277 e. The van der Waals surface area contributed by atoms with Crippen LogP contribution in [0.25, 0.3) is 10.9 Å². The lowest BCUT2D eigenvalue weighted by atomic mass is 10.2. The number of fused-ring (bicyclic) bond motifs is 1. The molecule has 24 heavy (non-hydrogen) atoms. The molecule has 0 aliphatic carbocycles. The highest BCUT2D eigenvalue weighted by Crippen LogP contribution is 2.34. The summed E-state index contributed by atoms with van der Waals surface area (Å²) >= 11 is 0. The zero-order valence-electron chi connectivity index (χ0n) is 14.0. The normalized spacial score (nSPS) is 14.8. The van der Waals surface area contributed by atoms with Crippen molar-refractivity contribution in [2.45, 2.75) is 0 Å². The van der Waals surface area contributed by atoms with Crippen molar-refractivity contribution in [3.63, 3.8) is 0 Å². The first-order valence-electron chi connectivity index (χ1n) is 7.86. The van der Waals surface area contributed by atoms with E-state index in [9.17, 15) is 4.79 Å². The van der Waals surface area contributed by atoms with Crippen molar-refractivity contribution in [1.29, 1.82) is 0 Å². The van der Waals surface area contributed by atoms with Crippen LogP contribution in [0.15, 0.2) is 18.5 Å². The van der Waals surface area contributed by atoms with Gasteiger partial charge in [-0.3, -0.25) is 4.79 Å². The van der Waals surface area contributed by atoms with E-state index >= 15 is 0 Å². The molecule has 2 aromatic rings. The van der Waals surface area contributed by atoms with Gasteiger partial charge < -0.3 is 25.0 Å². The lowest BCUT2D eigenvalue weighted by Gasteiger charge is -2.35. The summed E-state index contributed by atoms with van der Waals surface area (Å²) in [6.45, 7) is 3.10. The molecule has 0 spiro atoms. The van der Waals surface area contributed by atoms with Crippen LogP contribution in [0.3, 0.4) is 0 Å². The van der Waals surface area contributed by atoms with Crippen molar-refractivity contribution in [1.82, 2.24) is 14.9 Å². The van der Waals surface area contributed by atoms with Gasteiger partial charge in [0.2, 0.25) is 0 Å². The molecule has 0 unspecified atom stereocenters. The maximum Gasteiger partial charge on any atom is 0.277 e. The Morgan fingerprint density at radius 2 is 1.79 bits per heavy atom. The summed E-state index contributed by atoms with van der Waals surface area (Å²) in [6, 6.07) is 3.75. The molecule has 1 saturated heterocycles. The van der Waals surface area contributed by atoms with Gasteiger partial charge in [0, 0.05) is 37.6 Å². The molecule has 2 heterocycles. The topological polar surface area (TPSA) is 95.4 Å². The summed E-state index contributed by atoms with van der Waals surface area (Å²) in [4.78, 5) is 24.6. The second-order valence-corrected chi connectivity index (χ2v) is 5.54. The van der Waals surface area contributed by atoms with Gasteiger partial charge in [0.15, 0.2) is 18.0 Å². The van der Waals surface area contributed by atoms with E-state index < -0.39 is 0 Å². The van der Waals surface area contributed by atoms with Crippen LogP contribution in [0.1, 0.15) is 0 Å². The number of benzene rings is 1. The lowest BCUT2D eigenvalue weighted by molar-refractivity contribution is -0.357. The fourth-order valence-corrected chi connectivity index (χ4v) is 2.95. The van der Waals surface area contributed by atoms with Gasteiger partial charge in [0.25, 0.3) is 5.91 Å². The summed E-state index contributed by atoms with van der Waals surface area (Å²) in [7, 11) is 3.21. The van der Waals surface area contributed by atoms with E-state index in [4.69, 9.17) is 9.47 Å². The van der Waals surface area contributed by atoms with Crippen molar-refractivity contribution in [3.05, 3.63) is 18.5 Å². The summed E-state index contributed by atoms with van der Waals surface area (Å²) in [5, 5.41) is 0.909. The molecule has 8 nitrogen and oxygen atoms in total. The van der Waals surface area contributed by atoms with Gasteiger partial charge in [-0.2, -0.15) is 0 Å². The summed E-state index contributed by atoms with van der Waals surface area (Å²) in [5.41, 5.74) is 4.46. The van der Waals surface area contributed by atoms with Crippen LogP contribution < -0.4 is 20.1 Å². The Labute approximate surface area is 140 Å². The summed E-state index contributed by atoms with van der Waals surface area (Å²) < 4.78 is 10.7. The van der Waals surface area contributed by atoms with Crippen LogP contribution in [-0.2, 0) is 4.79 Å². The predicted molar refractivity (Wildman–Crippen MR) is 89.2 cm³/mol. The van der Waals surface area contributed by atoms with Crippen LogP contribution in [0.5, 0.6) is 11.5 Å². The standard InChI is InChI=1S/C16H21N5O3/c1-23-13-7-11-12(8-14(13)24-2)18-10-19-16(11)21-5-3-20(4-6-21)15(22)9-17/h7-8,10H,3-6,9,17H2,1-2H3/p+1. The minimum atomic E-state index is 0.0913. The van der Waals surface area contributed by atoms with E-state index in [2.05, 4.69) is 20.6 Å². The summed E-state index contributed by atoms with van der Waals surface area (Å²) in [5.74, 6) is 2.23. The van der Waals surface area contributed by atoms with Crippen LogP contribution >= 0.6 is 0 Å². The fraction of sp³-hybridized carbons (Fsp3) is 0.438. The number of hydrogen-bond donors (Lipinski definition) is 1. The van der Waals surface area contributed by atoms with Crippen molar-refractivity contribution < 1.29 is 20.0 Å². The Bertz CT molecular complexity index is 744. The van der Waals surface area contributed by atoms with Gasteiger partial charge >= 0.3 is 0 Å². The Hall–Kier alpha value is -2.61. The van der Waals surface area contributed by atoms with Crippen molar-refractivity contribution in [3.8, 4) is 11.5 Å². The molecule has 1 fully saturated rings. The third-order valence-corrected chi connectivity index (χ3v) is 4.27. The zero-order valence-corrected chi connectivity index (χ0v) is 14.0. The van der Waals surface area contributed by atoms with E-state index in [-0.39, 0.29) is 5.91 Å². The van der Waals surface area contributed by atoms with Gasteiger partial charge in [-0.15, -0.1) is 0 Å². The fourth-order valence-electron chi connectivity index (χ4n) is 2.95. The van der Waals surface area contributed by atoms with Crippen LogP contribution in [0.4, 0.5) is 5.82 Å². The van der Waals surface area contributed by atoms with Gasteiger partial charge in [-0.25, -0.2) is 9.97 Å². The zero-order chi connectivity index (χ0) is 17.1. The Kier molecular flexibility index (Phi) is 4.66. The quantitative estimate of drug-likeness (QED) is 0.814. The number of carbonyl (C=O) groups is 1. The third-order valence-electron chi connectivity index (χ3n) is 4.27. The van der Waals surface area contributed by atoms with Gasteiger partial charge in [0.1, 0.15) is 12.1 Å². The number of methoxy groups -OCH3 is 2. The molecule has 0 bridgehead atoms. The highest BCUT2D eigenvalue weighted by molar-refractivity contribution is 5.92. The minimum absolute atomic E-state index is 0.0913. The first kappa shape index (κ1) is 16.3. The van der Waals surface area contributed by atoms with Crippen LogP contribution in [0, 0.1) is 0 Å². The Morgan fingerprint density at radius 1 is 1.12 bits per heavy atom. The molecule has 0 saturated carbocycles. The maximum atomic E-state index is 11.8. The molecule has 8 heteroatoms. The average molecular weight is 332 g/mol. The number of ether oxygens (including phenoxy) is 2. The first-order valence-corrected chi connectivity index (χ1v) is 7.86. The number of hydrogen-bond acceptors (Lipinski definition) is 6. The van der Waals surface area contributed by atoms with E-state index in [0.29, 0.717) is 31.1 Å². The monoisotopic (exact) mass is 332 g/mol. The molecule has 128 valence electrons. The molecule has 0 radical (unpaired) electrons. The highest BCUT2D eigenvalue weighted by Gasteiger charge is 2.23. The SMILES string of the molecule is COc1cc2ncnc(N3CCN(C(=O)C[NH3+])CC3)c2cc1OC. The first-order chi connectivity index (χ1) is 11.7. The van der Waals surface area contributed by atoms with Crippen LogP contribution in [-0.4, -0.2) is 67.7 Å². The molecule has 0 atom stereocenters. The molecule has 1 aliphatic heterocycles. The van der Waals surface area contributed by atoms with Crippen molar-refractivity contribution in [2.24, 2.45) is 0 Å². The predicted octanol–water partition coefficient (Wildman–Crippen LogP) is -0.462. The van der Waals surface area contributed by atoms with Gasteiger partial charge in [-0.1, -0.05) is 0 Å². The maximum absolute atomic E-state index is 11.8. The van der Waals surface area contributed by atoms with E-state index in [1.165, 1.54) is 0 Å². The Morgan fingerprint density at radius 3 is 2.42 bits per heavy atom. The van der Waals surface area contributed by atoms with Gasteiger partial charge in [0.05, 0.1) is 19.7 Å². The number of amides is 1. The molecule has 1 aromatic heterocycles. The highest BCUT2D eigenvalue weighted by atomic mass is 16.5. The molecule has 1 aliphatic rings. The van der Waals surface area contributed by atoms with Crippen LogP contribution in [0.2, 0.25) is 0 Å². The second-order valence-electron chi connectivity index (χ2n) is 5.54. The van der Waals surface area contributed by atoms with Crippen molar-refractivity contribution >= 4 is 22.6 Å². The molecular weight excluding hydrogens is 310 g/mol. The average Bonchev–Trinajstić information content (AvgIpc) is 2.65. The number of nitrogens with zero attached hydrogens (tertiary/aromatic N) is 4. The second kappa shape index (κ2) is 6.88. The lowest BCUT2D eigenvalue weighted by Crippen LogP contribution is -2.60. The summed E-state index contributed by atoms with van der Waals surface area (Å²) in [6.07, 6.45) is 1.55. The molecule has 1 amide bonds. The number of anilines is 1. The van der Waals surface area contributed by atoms with E-state index in [0.717, 1.165) is 29.8 Å². The minimum Gasteiger partial charge on any atom is -0.493 e. The third kappa shape index (κ3) is 2.92. The number of carbonyl (C=O) groups excluding carboxylic acids is 1. The Balaban J connectivity index is 1.91. The van der Waals surface area contributed by atoms with Crippen molar-refractivity contribution in [2.75, 3.05) is 51.8 Å².